The maximum Gasteiger partial charge on any atom is 0.291 e. The Kier molecular flexibility index (Phi) is 6.78. The first-order valence-electron chi connectivity index (χ1n) is 11.4. The van der Waals surface area contributed by atoms with E-state index in [-0.39, 0.29) is 48.3 Å². The van der Waals surface area contributed by atoms with Crippen LogP contribution in [0.2, 0.25) is 5.02 Å². The highest BCUT2D eigenvalue weighted by molar-refractivity contribution is 7.89. The molecule has 0 aliphatic carbocycles. The van der Waals surface area contributed by atoms with E-state index >= 15 is 0 Å². The van der Waals surface area contributed by atoms with Crippen molar-refractivity contribution in [1.82, 2.24) is 19.2 Å². The van der Waals surface area contributed by atoms with E-state index in [9.17, 15) is 23.5 Å². The summed E-state index contributed by atoms with van der Waals surface area (Å²) in [4.78, 5) is 22.9. The molecule has 5 rings (SSSR count). The molecule has 1 fully saturated rings. The molecule has 0 unspecified atom stereocenters. The average Bonchev–Trinajstić information content (AvgIpc) is 2.92. The van der Waals surface area contributed by atoms with Gasteiger partial charge in [0.15, 0.2) is 0 Å². The largest absolute Gasteiger partial charge is 0.618 e. The third-order valence-corrected chi connectivity index (χ3v) is 8.39. The lowest BCUT2D eigenvalue weighted by molar-refractivity contribution is -0.604. The van der Waals surface area contributed by atoms with E-state index < -0.39 is 22.5 Å². The van der Waals surface area contributed by atoms with Gasteiger partial charge in [-0.15, -0.1) is 0 Å². The van der Waals surface area contributed by atoms with E-state index in [0.717, 1.165) is 10.8 Å². The number of carbonyl (C=O) groups excluding carboxylic acids is 1. The Morgan fingerprint density at radius 1 is 1.00 bits per heavy atom. The molecule has 10 nitrogen and oxygen atoms in total. The van der Waals surface area contributed by atoms with Crippen molar-refractivity contribution in [2.75, 3.05) is 26.2 Å². The second-order valence-electron chi connectivity index (χ2n) is 8.50. The van der Waals surface area contributed by atoms with Crippen molar-refractivity contribution >= 4 is 38.3 Å². The topological polar surface area (TPSA) is 131 Å². The summed E-state index contributed by atoms with van der Waals surface area (Å²) < 4.78 is 28.4. The monoisotopic (exact) mass is 539 g/mol. The summed E-state index contributed by atoms with van der Waals surface area (Å²) in [6.07, 6.45) is 2.75. The fraction of sp³-hybridized carbons (Fsp3) is 0.200. The van der Waals surface area contributed by atoms with E-state index in [1.54, 1.807) is 48.5 Å². The fourth-order valence-corrected chi connectivity index (χ4v) is 5.86. The summed E-state index contributed by atoms with van der Waals surface area (Å²) in [5.74, 6) is -0.478. The van der Waals surface area contributed by atoms with Gasteiger partial charge in [0.05, 0.1) is 10.5 Å². The van der Waals surface area contributed by atoms with Crippen LogP contribution in [-0.2, 0) is 16.6 Å². The average molecular weight is 540 g/mol. The fourth-order valence-electron chi connectivity index (χ4n) is 4.22. The summed E-state index contributed by atoms with van der Waals surface area (Å²) in [6, 6.07) is 14.9. The molecule has 3 heterocycles. The maximum atomic E-state index is 13.2. The van der Waals surface area contributed by atoms with Crippen LogP contribution in [0.4, 0.5) is 0 Å². The number of rotatable bonds is 5. The van der Waals surface area contributed by atoms with Crippen LogP contribution in [0.25, 0.3) is 22.0 Å². The Hall–Kier alpha value is -3.64. The number of carbonyl (C=O) groups is 1. The number of aliphatic hydroxyl groups excluding tert-OH is 1. The van der Waals surface area contributed by atoms with Crippen molar-refractivity contribution in [2.45, 2.75) is 11.5 Å². The van der Waals surface area contributed by atoms with Crippen molar-refractivity contribution in [2.24, 2.45) is 0 Å². The molecule has 0 bridgehead atoms. The first-order chi connectivity index (χ1) is 17.8. The van der Waals surface area contributed by atoms with Crippen LogP contribution in [0.3, 0.4) is 0 Å². The summed E-state index contributed by atoms with van der Waals surface area (Å²) in [5.41, 5.74) is 0.829. The molecule has 190 valence electrons. The van der Waals surface area contributed by atoms with Gasteiger partial charge in [0.1, 0.15) is 6.61 Å². The number of aromatic nitrogens is 3. The molecule has 2 aromatic heterocycles. The van der Waals surface area contributed by atoms with Gasteiger partial charge in [-0.05, 0) is 41.1 Å². The number of piperazine rings is 1. The molecule has 1 saturated heterocycles. The van der Waals surface area contributed by atoms with E-state index in [4.69, 9.17) is 11.6 Å². The Bertz CT molecular complexity index is 1590. The number of halogens is 1. The van der Waals surface area contributed by atoms with Gasteiger partial charge in [0.25, 0.3) is 5.91 Å². The molecule has 2 aromatic carbocycles. The van der Waals surface area contributed by atoms with E-state index in [1.165, 1.54) is 27.7 Å². The SMILES string of the molecule is O=C(c1ncc(-c2cccc(CO)[n+]2[O-])cn1)N1CCN(S(=O)(=O)c2ccc3cc(Cl)ccc3c2)CC1. The quantitative estimate of drug-likeness (QED) is 0.304. The van der Waals surface area contributed by atoms with Crippen molar-refractivity contribution < 1.29 is 23.0 Å². The lowest BCUT2D eigenvalue weighted by Gasteiger charge is -2.33. The van der Waals surface area contributed by atoms with E-state index in [2.05, 4.69) is 9.97 Å². The van der Waals surface area contributed by atoms with Crippen molar-refractivity contribution in [3.8, 4) is 11.3 Å². The van der Waals surface area contributed by atoms with Gasteiger partial charge in [0, 0.05) is 55.7 Å². The Morgan fingerprint density at radius 3 is 2.38 bits per heavy atom. The first kappa shape index (κ1) is 25.0. The predicted molar refractivity (Wildman–Crippen MR) is 136 cm³/mol. The van der Waals surface area contributed by atoms with Crippen LogP contribution in [0.1, 0.15) is 16.3 Å². The second-order valence-corrected chi connectivity index (χ2v) is 10.9. The number of amides is 1. The number of nitrogens with zero attached hydrogens (tertiary/aromatic N) is 5. The lowest BCUT2D eigenvalue weighted by Crippen LogP contribution is -2.50. The van der Waals surface area contributed by atoms with Crippen LogP contribution < -0.4 is 4.73 Å². The zero-order valence-corrected chi connectivity index (χ0v) is 21.1. The van der Waals surface area contributed by atoms with Gasteiger partial charge < -0.3 is 15.2 Å². The minimum absolute atomic E-state index is 0.0518. The second kappa shape index (κ2) is 10.0. The minimum Gasteiger partial charge on any atom is -0.618 e. The zero-order chi connectivity index (χ0) is 26.2. The third kappa shape index (κ3) is 4.86. The summed E-state index contributed by atoms with van der Waals surface area (Å²) >= 11 is 6.02. The van der Waals surface area contributed by atoms with E-state index in [1.807, 2.05) is 0 Å². The maximum absolute atomic E-state index is 13.2. The van der Waals surface area contributed by atoms with E-state index in [0.29, 0.717) is 15.3 Å². The molecule has 1 N–H and O–H groups in total. The number of sulfonamides is 1. The number of aliphatic hydroxyl groups is 1. The van der Waals surface area contributed by atoms with Gasteiger partial charge >= 0.3 is 0 Å². The van der Waals surface area contributed by atoms with Crippen LogP contribution >= 0.6 is 11.6 Å². The number of pyridine rings is 1. The summed E-state index contributed by atoms with van der Waals surface area (Å²) in [5, 5.41) is 23.8. The Balaban J connectivity index is 1.27. The van der Waals surface area contributed by atoms with Crippen LogP contribution in [0.15, 0.2) is 71.9 Å². The van der Waals surface area contributed by atoms with Crippen molar-refractivity contribution in [3.63, 3.8) is 0 Å². The van der Waals surface area contributed by atoms with Crippen molar-refractivity contribution in [3.05, 3.63) is 88.7 Å². The molecule has 12 heteroatoms. The van der Waals surface area contributed by atoms with Gasteiger partial charge in [-0.2, -0.15) is 9.04 Å². The zero-order valence-electron chi connectivity index (χ0n) is 19.5. The molecular weight excluding hydrogens is 518 g/mol. The molecule has 0 saturated carbocycles. The number of hydrogen-bond acceptors (Lipinski definition) is 7. The standard InChI is InChI=1S/C25H22ClN5O5S/c26-20-6-4-18-13-22(7-5-17(18)12-20)37(35,36)30-10-8-29(9-11-30)25(33)24-27-14-19(15-28-24)23-3-1-2-21(16-32)31(23)34/h1-7,12-15,32H,8-11,16H2. The minimum atomic E-state index is -3.74. The number of hydrogen-bond donors (Lipinski definition) is 1. The van der Waals surface area contributed by atoms with Crippen LogP contribution in [0, 0.1) is 5.21 Å². The predicted octanol–water partition coefficient (Wildman–Crippen LogP) is 2.22. The molecule has 37 heavy (non-hydrogen) atoms. The van der Waals surface area contributed by atoms with Gasteiger partial charge in [0.2, 0.25) is 27.2 Å². The molecule has 1 aliphatic rings. The normalized spacial score (nSPS) is 14.7. The highest BCUT2D eigenvalue weighted by Gasteiger charge is 2.31. The van der Waals surface area contributed by atoms with Gasteiger partial charge in [-0.25, -0.2) is 18.4 Å². The molecular formula is C25H22ClN5O5S. The summed E-state index contributed by atoms with van der Waals surface area (Å²) in [6.45, 7) is 0.229. The van der Waals surface area contributed by atoms with Gasteiger partial charge in [-0.3, -0.25) is 4.79 Å². The molecule has 1 aliphatic heterocycles. The van der Waals surface area contributed by atoms with Crippen molar-refractivity contribution in [1.29, 1.82) is 0 Å². The highest BCUT2D eigenvalue weighted by Crippen LogP contribution is 2.25. The van der Waals surface area contributed by atoms with Crippen LogP contribution in [-0.4, -0.2) is 64.8 Å². The number of fused-ring (bicyclic) bond motifs is 1. The number of benzene rings is 2. The summed E-state index contributed by atoms with van der Waals surface area (Å²) in [7, 11) is -3.74. The molecule has 1 amide bonds. The molecule has 4 aromatic rings. The Labute approximate surface area is 218 Å². The molecule has 0 spiro atoms. The van der Waals surface area contributed by atoms with Gasteiger partial charge in [-0.1, -0.05) is 23.7 Å². The third-order valence-electron chi connectivity index (χ3n) is 6.26. The highest BCUT2D eigenvalue weighted by atomic mass is 35.5. The molecule has 0 radical (unpaired) electrons. The first-order valence-corrected chi connectivity index (χ1v) is 13.2. The Morgan fingerprint density at radius 2 is 1.68 bits per heavy atom. The molecule has 0 atom stereocenters. The van der Waals surface area contributed by atoms with Crippen LogP contribution in [0.5, 0.6) is 0 Å². The smallest absolute Gasteiger partial charge is 0.291 e. The lowest BCUT2D eigenvalue weighted by atomic mass is 10.1.